The van der Waals surface area contributed by atoms with Gasteiger partial charge in [0, 0.05) is 19.7 Å². The summed E-state index contributed by atoms with van der Waals surface area (Å²) >= 11 is 0. The maximum atomic E-state index is 12.0. The molecule has 4 heteroatoms. The predicted molar refractivity (Wildman–Crippen MR) is 62.3 cm³/mol. The van der Waals surface area contributed by atoms with Crippen molar-refractivity contribution in [1.82, 2.24) is 10.2 Å². The summed E-state index contributed by atoms with van der Waals surface area (Å²) in [6, 6.07) is -0.0213. The highest BCUT2D eigenvalue weighted by Crippen LogP contribution is 2.16. The summed E-state index contributed by atoms with van der Waals surface area (Å²) in [6.45, 7) is 5.55. The molecule has 0 radical (unpaired) electrons. The minimum Gasteiger partial charge on any atom is -0.378 e. The fraction of sp³-hybridized carbons (Fsp3) is 0.917. The average Bonchev–Trinajstić information content (AvgIpc) is 2.74. The van der Waals surface area contributed by atoms with Gasteiger partial charge in [-0.05, 0) is 39.2 Å². The average molecular weight is 226 g/mol. The van der Waals surface area contributed by atoms with E-state index in [2.05, 4.69) is 5.32 Å². The first kappa shape index (κ1) is 11.9. The van der Waals surface area contributed by atoms with Crippen LogP contribution in [0, 0.1) is 0 Å². The second-order valence-corrected chi connectivity index (χ2v) is 4.78. The van der Waals surface area contributed by atoms with E-state index in [0.717, 1.165) is 45.5 Å². The fourth-order valence-corrected chi connectivity index (χ4v) is 2.45. The summed E-state index contributed by atoms with van der Waals surface area (Å²) in [4.78, 5) is 14.0. The number of rotatable bonds is 3. The maximum Gasteiger partial charge on any atom is 0.239 e. The Labute approximate surface area is 97.3 Å². The lowest BCUT2D eigenvalue weighted by Crippen LogP contribution is -2.42. The van der Waals surface area contributed by atoms with Crippen molar-refractivity contribution in [1.29, 1.82) is 0 Å². The van der Waals surface area contributed by atoms with Gasteiger partial charge in [0.1, 0.15) is 0 Å². The predicted octanol–water partition coefficient (Wildman–Crippen LogP) is 0.766. The maximum absolute atomic E-state index is 12.0. The number of nitrogens with zero attached hydrogens (tertiary/aromatic N) is 1. The van der Waals surface area contributed by atoms with Crippen LogP contribution >= 0.6 is 0 Å². The molecule has 2 aliphatic rings. The molecule has 0 spiro atoms. The number of hydrogen-bond donors (Lipinski definition) is 1. The van der Waals surface area contributed by atoms with Crippen molar-refractivity contribution in [3.8, 4) is 0 Å². The molecule has 16 heavy (non-hydrogen) atoms. The van der Waals surface area contributed by atoms with Gasteiger partial charge in [-0.2, -0.15) is 0 Å². The first-order valence-electron chi connectivity index (χ1n) is 6.41. The van der Waals surface area contributed by atoms with Crippen molar-refractivity contribution >= 4 is 5.91 Å². The zero-order chi connectivity index (χ0) is 11.4. The van der Waals surface area contributed by atoms with Gasteiger partial charge in [-0.1, -0.05) is 0 Å². The highest BCUT2D eigenvalue weighted by Gasteiger charge is 2.24. The van der Waals surface area contributed by atoms with E-state index in [-0.39, 0.29) is 11.9 Å². The lowest BCUT2D eigenvalue weighted by Gasteiger charge is -2.23. The van der Waals surface area contributed by atoms with E-state index in [1.54, 1.807) is 0 Å². The van der Waals surface area contributed by atoms with Gasteiger partial charge in [-0.3, -0.25) is 4.79 Å². The Morgan fingerprint density at radius 3 is 3.12 bits per heavy atom. The van der Waals surface area contributed by atoms with E-state index in [1.807, 2.05) is 11.8 Å². The highest BCUT2D eigenvalue weighted by molar-refractivity contribution is 5.81. The van der Waals surface area contributed by atoms with Gasteiger partial charge in [0.25, 0.3) is 0 Å². The van der Waals surface area contributed by atoms with Crippen molar-refractivity contribution in [2.45, 2.75) is 44.8 Å². The van der Waals surface area contributed by atoms with Crippen LogP contribution in [0.3, 0.4) is 0 Å². The van der Waals surface area contributed by atoms with Gasteiger partial charge in [0.2, 0.25) is 5.91 Å². The quantitative estimate of drug-likeness (QED) is 0.772. The van der Waals surface area contributed by atoms with Gasteiger partial charge in [0.05, 0.1) is 12.1 Å². The molecule has 0 bridgehead atoms. The van der Waals surface area contributed by atoms with E-state index in [9.17, 15) is 4.79 Å². The Morgan fingerprint density at radius 2 is 2.38 bits per heavy atom. The third-order valence-electron chi connectivity index (χ3n) is 3.48. The number of hydrogen-bond acceptors (Lipinski definition) is 3. The number of amides is 1. The molecule has 2 rings (SSSR count). The van der Waals surface area contributed by atoms with Gasteiger partial charge in [0.15, 0.2) is 0 Å². The molecule has 0 aromatic rings. The Balaban J connectivity index is 1.79. The standard InChI is InChI=1S/C12H22N2O2/c1-10-12(15)14(7-3-6-13-10)8-5-11-4-2-9-16-11/h10-11,13H,2-9H2,1H3. The van der Waals surface area contributed by atoms with E-state index in [4.69, 9.17) is 4.74 Å². The van der Waals surface area contributed by atoms with Gasteiger partial charge in [-0.25, -0.2) is 0 Å². The third-order valence-corrected chi connectivity index (χ3v) is 3.48. The molecule has 2 fully saturated rings. The van der Waals surface area contributed by atoms with E-state index in [0.29, 0.717) is 6.10 Å². The highest BCUT2D eigenvalue weighted by atomic mass is 16.5. The summed E-state index contributed by atoms with van der Waals surface area (Å²) < 4.78 is 5.58. The molecule has 92 valence electrons. The first-order chi connectivity index (χ1) is 7.77. The van der Waals surface area contributed by atoms with Gasteiger partial charge >= 0.3 is 0 Å². The van der Waals surface area contributed by atoms with Crippen molar-refractivity contribution in [2.75, 3.05) is 26.2 Å². The summed E-state index contributed by atoms with van der Waals surface area (Å²) in [5.41, 5.74) is 0. The van der Waals surface area contributed by atoms with Crippen LogP contribution in [0.2, 0.25) is 0 Å². The van der Waals surface area contributed by atoms with Crippen LogP contribution in [0.4, 0.5) is 0 Å². The van der Waals surface area contributed by atoms with Gasteiger partial charge < -0.3 is 15.0 Å². The molecule has 2 atom stereocenters. The molecule has 2 heterocycles. The second kappa shape index (κ2) is 5.64. The zero-order valence-electron chi connectivity index (χ0n) is 10.1. The lowest BCUT2D eigenvalue weighted by atomic mass is 10.1. The van der Waals surface area contributed by atoms with Crippen LogP contribution in [-0.4, -0.2) is 49.2 Å². The smallest absolute Gasteiger partial charge is 0.239 e. The number of ether oxygens (including phenoxy) is 1. The van der Waals surface area contributed by atoms with Crippen LogP contribution in [0.5, 0.6) is 0 Å². The lowest BCUT2D eigenvalue weighted by molar-refractivity contribution is -0.132. The van der Waals surface area contributed by atoms with Crippen LogP contribution in [0.25, 0.3) is 0 Å². The van der Waals surface area contributed by atoms with Crippen molar-refractivity contribution in [3.05, 3.63) is 0 Å². The Bertz CT molecular complexity index is 239. The Kier molecular flexibility index (Phi) is 4.18. The summed E-state index contributed by atoms with van der Waals surface area (Å²) in [6.07, 6.45) is 4.78. The second-order valence-electron chi connectivity index (χ2n) is 4.78. The third kappa shape index (κ3) is 2.95. The molecular formula is C12H22N2O2. The van der Waals surface area contributed by atoms with Crippen molar-refractivity contribution < 1.29 is 9.53 Å². The Hall–Kier alpha value is -0.610. The van der Waals surface area contributed by atoms with E-state index in [1.165, 1.54) is 6.42 Å². The largest absolute Gasteiger partial charge is 0.378 e. The molecule has 4 nitrogen and oxygen atoms in total. The SMILES string of the molecule is CC1NCCCN(CCC2CCCO2)C1=O. The molecule has 0 aliphatic carbocycles. The summed E-state index contributed by atoms with van der Waals surface area (Å²) in [5.74, 6) is 0.246. The number of carbonyl (C=O) groups excluding carboxylic acids is 1. The minimum atomic E-state index is -0.0213. The molecule has 2 saturated heterocycles. The van der Waals surface area contributed by atoms with Crippen LogP contribution in [0.15, 0.2) is 0 Å². The minimum absolute atomic E-state index is 0.0213. The molecular weight excluding hydrogens is 204 g/mol. The fourth-order valence-electron chi connectivity index (χ4n) is 2.45. The zero-order valence-corrected chi connectivity index (χ0v) is 10.1. The first-order valence-corrected chi connectivity index (χ1v) is 6.41. The molecule has 2 aliphatic heterocycles. The summed E-state index contributed by atoms with van der Waals surface area (Å²) in [7, 11) is 0. The van der Waals surface area contributed by atoms with Crippen molar-refractivity contribution in [3.63, 3.8) is 0 Å². The van der Waals surface area contributed by atoms with Crippen molar-refractivity contribution in [2.24, 2.45) is 0 Å². The normalized spacial score (nSPS) is 31.8. The Morgan fingerprint density at radius 1 is 1.50 bits per heavy atom. The molecule has 0 aromatic carbocycles. The molecule has 1 amide bonds. The molecule has 0 aromatic heterocycles. The van der Waals surface area contributed by atoms with Gasteiger partial charge in [-0.15, -0.1) is 0 Å². The number of carbonyl (C=O) groups is 1. The molecule has 1 N–H and O–H groups in total. The monoisotopic (exact) mass is 226 g/mol. The molecule has 0 saturated carbocycles. The topological polar surface area (TPSA) is 41.6 Å². The van der Waals surface area contributed by atoms with Crippen LogP contribution in [0.1, 0.15) is 32.6 Å². The van der Waals surface area contributed by atoms with Crippen LogP contribution in [-0.2, 0) is 9.53 Å². The van der Waals surface area contributed by atoms with E-state index < -0.39 is 0 Å². The van der Waals surface area contributed by atoms with Crippen LogP contribution < -0.4 is 5.32 Å². The summed E-state index contributed by atoms with van der Waals surface area (Å²) in [5, 5.41) is 3.23. The number of nitrogens with one attached hydrogen (secondary N) is 1. The van der Waals surface area contributed by atoms with E-state index >= 15 is 0 Å². The molecule has 2 unspecified atom stereocenters.